The third-order valence-electron chi connectivity index (χ3n) is 3.80. The quantitative estimate of drug-likeness (QED) is 0.885. The van der Waals surface area contributed by atoms with Crippen LogP contribution in [0.2, 0.25) is 0 Å². The Bertz CT molecular complexity index is 671. The number of carboxylic acids is 1. The molecule has 1 aliphatic rings. The number of nitrogens with zero attached hydrogens (tertiary/aromatic N) is 4. The van der Waals surface area contributed by atoms with E-state index in [1.807, 2.05) is 18.7 Å². The Morgan fingerprint density at radius 2 is 2.29 bits per heavy atom. The number of rotatable bonds is 4. The Hall–Kier alpha value is -2.22. The lowest BCUT2D eigenvalue weighted by atomic mass is 10.0. The predicted octanol–water partition coefficient (Wildman–Crippen LogP) is 0.852. The van der Waals surface area contributed by atoms with Crippen molar-refractivity contribution in [3.63, 3.8) is 0 Å². The van der Waals surface area contributed by atoms with Gasteiger partial charge in [-0.15, -0.1) is 0 Å². The van der Waals surface area contributed by atoms with Crippen LogP contribution in [0.1, 0.15) is 12.6 Å². The van der Waals surface area contributed by atoms with Gasteiger partial charge in [-0.05, 0) is 13.8 Å². The first-order valence-corrected chi connectivity index (χ1v) is 6.77. The van der Waals surface area contributed by atoms with Gasteiger partial charge in [-0.2, -0.15) is 4.98 Å². The van der Waals surface area contributed by atoms with Gasteiger partial charge in [0, 0.05) is 6.54 Å². The van der Waals surface area contributed by atoms with Crippen molar-refractivity contribution >= 4 is 22.9 Å². The summed E-state index contributed by atoms with van der Waals surface area (Å²) < 4.78 is 10.5. The summed E-state index contributed by atoms with van der Waals surface area (Å²) in [5.41, 5.74) is 1.09. The summed E-state index contributed by atoms with van der Waals surface area (Å²) in [6, 6.07) is -0.264. The van der Waals surface area contributed by atoms with E-state index < -0.39 is 11.9 Å². The van der Waals surface area contributed by atoms with Crippen LogP contribution in [0.4, 0.5) is 5.82 Å². The molecule has 1 fully saturated rings. The normalized spacial score (nSPS) is 21.8. The number of hydrogen-bond donors (Lipinski definition) is 1. The molecule has 3 rings (SSSR count). The number of aliphatic carboxylic acids is 1. The van der Waals surface area contributed by atoms with Crippen LogP contribution in [0, 0.1) is 12.8 Å². The van der Waals surface area contributed by atoms with Crippen LogP contribution >= 0.6 is 0 Å². The van der Waals surface area contributed by atoms with Crippen molar-refractivity contribution in [1.29, 1.82) is 0 Å². The SMILES string of the molecule is CCN(c1ncnc2onc(C)c12)C1COCC1C(=O)O. The smallest absolute Gasteiger partial charge is 0.311 e. The summed E-state index contributed by atoms with van der Waals surface area (Å²) >= 11 is 0. The van der Waals surface area contributed by atoms with Gasteiger partial charge < -0.3 is 19.3 Å². The highest BCUT2D eigenvalue weighted by Gasteiger charge is 2.39. The molecule has 0 saturated carbocycles. The van der Waals surface area contributed by atoms with Crippen molar-refractivity contribution in [3.8, 4) is 0 Å². The summed E-state index contributed by atoms with van der Waals surface area (Å²) in [4.78, 5) is 21.7. The standard InChI is InChI=1S/C13H16N4O4/c1-3-17(9-5-20-4-8(9)13(18)19)11-10-7(2)16-21-12(10)15-6-14-11/h6,8-9H,3-5H2,1-2H3,(H,18,19). The number of carboxylic acid groups (broad SMARTS) is 1. The number of fused-ring (bicyclic) bond motifs is 1. The number of hydrogen-bond acceptors (Lipinski definition) is 7. The summed E-state index contributed by atoms with van der Waals surface area (Å²) in [6.07, 6.45) is 1.40. The molecule has 0 aromatic carbocycles. The third-order valence-corrected chi connectivity index (χ3v) is 3.80. The molecule has 0 radical (unpaired) electrons. The van der Waals surface area contributed by atoms with Crippen LogP contribution in [0.3, 0.4) is 0 Å². The van der Waals surface area contributed by atoms with Gasteiger partial charge in [-0.25, -0.2) is 4.98 Å². The molecule has 1 N–H and O–H groups in total. The zero-order valence-electron chi connectivity index (χ0n) is 11.8. The van der Waals surface area contributed by atoms with Crippen LogP contribution in [0.25, 0.3) is 11.1 Å². The largest absolute Gasteiger partial charge is 0.481 e. The molecule has 0 aliphatic carbocycles. The zero-order valence-corrected chi connectivity index (χ0v) is 11.8. The van der Waals surface area contributed by atoms with Gasteiger partial charge in [0.2, 0.25) is 0 Å². The van der Waals surface area contributed by atoms with E-state index in [0.29, 0.717) is 30.4 Å². The molecule has 0 amide bonds. The van der Waals surface area contributed by atoms with Gasteiger partial charge in [-0.3, -0.25) is 4.79 Å². The lowest BCUT2D eigenvalue weighted by Crippen LogP contribution is -2.43. The first kappa shape index (κ1) is 13.7. The molecule has 3 heterocycles. The number of aryl methyl sites for hydroxylation is 1. The fourth-order valence-corrected chi connectivity index (χ4v) is 2.75. The van der Waals surface area contributed by atoms with Crippen molar-refractivity contribution in [1.82, 2.24) is 15.1 Å². The van der Waals surface area contributed by atoms with Gasteiger partial charge in [-0.1, -0.05) is 5.16 Å². The van der Waals surface area contributed by atoms with E-state index in [1.54, 1.807) is 0 Å². The molecule has 2 aromatic heterocycles. The van der Waals surface area contributed by atoms with Crippen molar-refractivity contribution in [2.45, 2.75) is 19.9 Å². The van der Waals surface area contributed by atoms with Crippen LogP contribution in [-0.4, -0.2) is 52.0 Å². The monoisotopic (exact) mass is 292 g/mol. The van der Waals surface area contributed by atoms with E-state index in [-0.39, 0.29) is 12.6 Å². The van der Waals surface area contributed by atoms with Gasteiger partial charge >= 0.3 is 5.97 Å². The van der Waals surface area contributed by atoms with E-state index in [0.717, 1.165) is 5.39 Å². The number of aromatic nitrogens is 3. The second-order valence-corrected chi connectivity index (χ2v) is 4.98. The van der Waals surface area contributed by atoms with Crippen LogP contribution < -0.4 is 4.90 Å². The van der Waals surface area contributed by atoms with E-state index in [1.165, 1.54) is 6.33 Å². The molecule has 2 atom stereocenters. The minimum Gasteiger partial charge on any atom is -0.481 e. The number of likely N-dealkylation sites (N-methyl/N-ethyl adjacent to an activating group) is 1. The zero-order chi connectivity index (χ0) is 15.0. The predicted molar refractivity (Wildman–Crippen MR) is 73.1 cm³/mol. The minimum absolute atomic E-state index is 0.216. The fraction of sp³-hybridized carbons (Fsp3) is 0.538. The Kier molecular flexibility index (Phi) is 3.46. The lowest BCUT2D eigenvalue weighted by Gasteiger charge is -2.30. The van der Waals surface area contributed by atoms with E-state index in [2.05, 4.69) is 15.1 Å². The van der Waals surface area contributed by atoms with Crippen LogP contribution in [-0.2, 0) is 9.53 Å². The second kappa shape index (κ2) is 5.28. The topological polar surface area (TPSA) is 102 Å². The van der Waals surface area contributed by atoms with Crippen molar-refractivity contribution in [2.24, 2.45) is 5.92 Å². The summed E-state index contributed by atoms with van der Waals surface area (Å²) in [5, 5.41) is 14.0. The average Bonchev–Trinajstić information content (AvgIpc) is 3.08. The van der Waals surface area contributed by atoms with Gasteiger partial charge in [0.15, 0.2) is 0 Å². The van der Waals surface area contributed by atoms with Crippen LogP contribution in [0.15, 0.2) is 10.9 Å². The van der Waals surface area contributed by atoms with Gasteiger partial charge in [0.05, 0.1) is 24.9 Å². The molecular weight excluding hydrogens is 276 g/mol. The first-order valence-electron chi connectivity index (χ1n) is 6.77. The lowest BCUT2D eigenvalue weighted by molar-refractivity contribution is -0.141. The highest BCUT2D eigenvalue weighted by molar-refractivity contribution is 5.88. The highest BCUT2D eigenvalue weighted by atomic mass is 16.5. The third kappa shape index (κ3) is 2.21. The molecule has 2 unspecified atom stereocenters. The number of carbonyl (C=O) groups is 1. The number of anilines is 1. The van der Waals surface area contributed by atoms with Crippen molar-refractivity contribution in [3.05, 3.63) is 12.0 Å². The summed E-state index contributed by atoms with van der Waals surface area (Å²) in [6.45, 7) is 4.95. The molecule has 8 nitrogen and oxygen atoms in total. The maximum Gasteiger partial charge on any atom is 0.311 e. The highest BCUT2D eigenvalue weighted by Crippen LogP contribution is 2.30. The molecule has 1 aliphatic heterocycles. The number of ether oxygens (including phenoxy) is 1. The Balaban J connectivity index is 2.06. The molecule has 21 heavy (non-hydrogen) atoms. The second-order valence-electron chi connectivity index (χ2n) is 4.98. The van der Waals surface area contributed by atoms with E-state index in [9.17, 15) is 9.90 Å². The Morgan fingerprint density at radius 1 is 1.48 bits per heavy atom. The maximum absolute atomic E-state index is 11.4. The minimum atomic E-state index is -0.858. The van der Waals surface area contributed by atoms with Crippen LogP contribution in [0.5, 0.6) is 0 Å². The van der Waals surface area contributed by atoms with E-state index in [4.69, 9.17) is 9.26 Å². The Morgan fingerprint density at radius 3 is 3.00 bits per heavy atom. The first-order chi connectivity index (χ1) is 10.1. The average molecular weight is 292 g/mol. The van der Waals surface area contributed by atoms with Gasteiger partial charge in [0.1, 0.15) is 23.4 Å². The van der Waals surface area contributed by atoms with E-state index >= 15 is 0 Å². The van der Waals surface area contributed by atoms with Gasteiger partial charge in [0.25, 0.3) is 5.71 Å². The molecule has 1 saturated heterocycles. The van der Waals surface area contributed by atoms with Crippen molar-refractivity contribution in [2.75, 3.05) is 24.7 Å². The fourth-order valence-electron chi connectivity index (χ4n) is 2.75. The molecular formula is C13H16N4O4. The van der Waals surface area contributed by atoms with Crippen molar-refractivity contribution < 1.29 is 19.2 Å². The molecule has 0 bridgehead atoms. The summed E-state index contributed by atoms with van der Waals surface area (Å²) in [7, 11) is 0. The summed E-state index contributed by atoms with van der Waals surface area (Å²) in [5.74, 6) is -0.790. The molecule has 112 valence electrons. The molecule has 8 heteroatoms. The maximum atomic E-state index is 11.4. The Labute approximate surface area is 120 Å². The molecule has 2 aromatic rings. The molecule has 0 spiro atoms.